The highest BCUT2D eigenvalue weighted by Crippen LogP contribution is 2.13. The van der Waals surface area contributed by atoms with Crippen LogP contribution in [0.25, 0.3) is 0 Å². The summed E-state index contributed by atoms with van der Waals surface area (Å²) in [6.07, 6.45) is 3.26. The van der Waals surface area contributed by atoms with Crippen LogP contribution in [0, 0.1) is 0 Å². The molecule has 0 radical (unpaired) electrons. The van der Waals surface area contributed by atoms with Gasteiger partial charge in [-0.3, -0.25) is 4.79 Å². The van der Waals surface area contributed by atoms with Crippen molar-refractivity contribution in [3.63, 3.8) is 0 Å². The Morgan fingerprint density at radius 3 is 2.68 bits per heavy atom. The second-order valence-corrected chi connectivity index (χ2v) is 7.07. The Morgan fingerprint density at radius 1 is 1.45 bits per heavy atom. The topological polar surface area (TPSA) is 88.6 Å². The van der Waals surface area contributed by atoms with Crippen LogP contribution in [-0.4, -0.2) is 56.1 Å². The van der Waals surface area contributed by atoms with Gasteiger partial charge < -0.3 is 10.1 Å². The molecule has 0 unspecified atom stereocenters. The van der Waals surface area contributed by atoms with Crippen molar-refractivity contribution in [2.75, 3.05) is 26.5 Å². The minimum atomic E-state index is -3.24. The molecule has 22 heavy (non-hydrogen) atoms. The summed E-state index contributed by atoms with van der Waals surface area (Å²) in [5, 5.41) is 2.74. The largest absolute Gasteiger partial charge is 0.480 e. The van der Waals surface area contributed by atoms with Crippen LogP contribution < -0.4 is 10.1 Å². The molecule has 0 aliphatic heterocycles. The number of nitrogens with zero attached hydrogens (tertiary/aromatic N) is 2. The van der Waals surface area contributed by atoms with Gasteiger partial charge in [-0.1, -0.05) is 0 Å². The number of hydrogen-bond donors (Lipinski definition) is 1. The van der Waals surface area contributed by atoms with Gasteiger partial charge in [-0.05, 0) is 32.4 Å². The van der Waals surface area contributed by atoms with Crippen LogP contribution in [0.3, 0.4) is 0 Å². The number of nitrogens with one attached hydrogen (secondary N) is 1. The molecule has 0 aliphatic carbocycles. The van der Waals surface area contributed by atoms with E-state index in [4.69, 9.17) is 4.74 Å². The fraction of sp³-hybridized carbons (Fsp3) is 0.571. The van der Waals surface area contributed by atoms with Gasteiger partial charge in [0, 0.05) is 25.3 Å². The Labute approximate surface area is 131 Å². The molecule has 124 valence electrons. The Kier molecular flexibility index (Phi) is 6.76. The summed E-state index contributed by atoms with van der Waals surface area (Å²) in [4.78, 5) is 16.0. The maximum absolute atomic E-state index is 12.0. The SMILES string of the molecule is COc1ncccc1C(=O)NCCCN(C(C)C)S(C)(=O)=O. The zero-order valence-electron chi connectivity index (χ0n) is 13.4. The second-order valence-electron chi connectivity index (χ2n) is 5.14. The lowest BCUT2D eigenvalue weighted by Crippen LogP contribution is -2.38. The molecule has 1 N–H and O–H groups in total. The monoisotopic (exact) mass is 329 g/mol. The predicted octanol–water partition coefficient (Wildman–Crippen LogP) is 0.880. The maximum Gasteiger partial charge on any atom is 0.256 e. The number of carbonyl (C=O) groups excluding carboxylic acids is 1. The van der Waals surface area contributed by atoms with E-state index in [1.807, 2.05) is 13.8 Å². The normalized spacial score (nSPS) is 11.7. The molecule has 1 aromatic heterocycles. The fourth-order valence-corrected chi connectivity index (χ4v) is 3.29. The van der Waals surface area contributed by atoms with Gasteiger partial charge in [0.05, 0.1) is 13.4 Å². The highest BCUT2D eigenvalue weighted by molar-refractivity contribution is 7.88. The standard InChI is InChI=1S/C14H23N3O4S/c1-11(2)17(22(4,19)20)10-6-9-15-13(18)12-7-5-8-16-14(12)21-3/h5,7-8,11H,6,9-10H2,1-4H3,(H,15,18). The first-order valence-electron chi connectivity index (χ1n) is 7.01. The molecule has 7 nitrogen and oxygen atoms in total. The molecular formula is C14H23N3O4S. The number of carbonyl (C=O) groups is 1. The van der Waals surface area contributed by atoms with Gasteiger partial charge in [0.2, 0.25) is 15.9 Å². The molecule has 1 heterocycles. The molecule has 0 spiro atoms. The van der Waals surface area contributed by atoms with Crippen LogP contribution in [0.5, 0.6) is 5.88 Å². The zero-order chi connectivity index (χ0) is 16.8. The van der Waals surface area contributed by atoms with Crippen LogP contribution >= 0.6 is 0 Å². The third-order valence-electron chi connectivity index (χ3n) is 3.05. The van der Waals surface area contributed by atoms with E-state index in [-0.39, 0.29) is 17.8 Å². The van der Waals surface area contributed by atoms with Crippen LogP contribution in [0.1, 0.15) is 30.6 Å². The first-order valence-corrected chi connectivity index (χ1v) is 8.86. The summed E-state index contributed by atoms with van der Waals surface area (Å²) < 4.78 is 29.7. The van der Waals surface area contributed by atoms with Crippen LogP contribution in [0.2, 0.25) is 0 Å². The van der Waals surface area contributed by atoms with E-state index in [9.17, 15) is 13.2 Å². The Bertz CT molecular complexity index is 602. The van der Waals surface area contributed by atoms with E-state index >= 15 is 0 Å². The second kappa shape index (κ2) is 8.09. The first-order chi connectivity index (χ1) is 10.3. The van der Waals surface area contributed by atoms with E-state index in [1.54, 1.807) is 18.3 Å². The average molecular weight is 329 g/mol. The third-order valence-corrected chi connectivity index (χ3v) is 4.51. The van der Waals surface area contributed by atoms with E-state index in [0.717, 1.165) is 0 Å². The van der Waals surface area contributed by atoms with Crippen molar-refractivity contribution < 1.29 is 17.9 Å². The minimum Gasteiger partial charge on any atom is -0.480 e. The summed E-state index contributed by atoms with van der Waals surface area (Å²) in [6.45, 7) is 4.37. The van der Waals surface area contributed by atoms with Crippen molar-refractivity contribution in [3.8, 4) is 5.88 Å². The van der Waals surface area contributed by atoms with Gasteiger partial charge in [0.25, 0.3) is 5.91 Å². The van der Waals surface area contributed by atoms with Crippen molar-refractivity contribution in [2.45, 2.75) is 26.3 Å². The number of rotatable bonds is 8. The lowest BCUT2D eigenvalue weighted by molar-refractivity contribution is 0.0949. The minimum absolute atomic E-state index is 0.107. The van der Waals surface area contributed by atoms with Crippen LogP contribution in [0.4, 0.5) is 0 Å². The molecule has 8 heteroatoms. The van der Waals surface area contributed by atoms with Gasteiger partial charge in [0.1, 0.15) is 5.56 Å². The maximum atomic E-state index is 12.0. The number of methoxy groups -OCH3 is 1. The molecule has 1 aromatic rings. The summed E-state index contributed by atoms with van der Waals surface area (Å²) in [6, 6.07) is 3.17. The number of sulfonamides is 1. The summed E-state index contributed by atoms with van der Waals surface area (Å²) in [7, 11) is -1.79. The number of pyridine rings is 1. The van der Waals surface area contributed by atoms with Gasteiger partial charge in [-0.25, -0.2) is 13.4 Å². The lowest BCUT2D eigenvalue weighted by atomic mass is 10.2. The van der Waals surface area contributed by atoms with Crippen molar-refractivity contribution in [2.24, 2.45) is 0 Å². The Hall–Kier alpha value is -1.67. The van der Waals surface area contributed by atoms with Crippen molar-refractivity contribution in [1.29, 1.82) is 0 Å². The summed E-state index contributed by atoms with van der Waals surface area (Å²) in [5.41, 5.74) is 0.355. The Morgan fingerprint density at radius 2 is 2.14 bits per heavy atom. The molecular weight excluding hydrogens is 306 g/mol. The molecule has 1 rings (SSSR count). The predicted molar refractivity (Wildman–Crippen MR) is 84.4 cm³/mol. The summed E-state index contributed by atoms with van der Waals surface area (Å²) >= 11 is 0. The van der Waals surface area contributed by atoms with Crippen molar-refractivity contribution in [1.82, 2.24) is 14.6 Å². The van der Waals surface area contributed by atoms with Gasteiger partial charge in [-0.2, -0.15) is 4.31 Å². The van der Waals surface area contributed by atoms with Crippen molar-refractivity contribution >= 4 is 15.9 Å². The van der Waals surface area contributed by atoms with E-state index in [2.05, 4.69) is 10.3 Å². The molecule has 0 saturated carbocycles. The molecule has 0 fully saturated rings. The van der Waals surface area contributed by atoms with Crippen LogP contribution in [0.15, 0.2) is 18.3 Å². The lowest BCUT2D eigenvalue weighted by Gasteiger charge is -2.23. The fourth-order valence-electron chi connectivity index (χ4n) is 2.07. The molecule has 0 saturated heterocycles. The average Bonchev–Trinajstić information content (AvgIpc) is 2.44. The molecule has 0 aromatic carbocycles. The molecule has 0 bridgehead atoms. The number of aromatic nitrogens is 1. The molecule has 0 atom stereocenters. The number of ether oxygens (including phenoxy) is 1. The van der Waals surface area contributed by atoms with Gasteiger partial charge in [-0.15, -0.1) is 0 Å². The van der Waals surface area contributed by atoms with Gasteiger partial charge >= 0.3 is 0 Å². The number of amides is 1. The quantitative estimate of drug-likeness (QED) is 0.715. The third kappa shape index (κ3) is 5.27. The number of hydrogen-bond acceptors (Lipinski definition) is 5. The van der Waals surface area contributed by atoms with E-state index < -0.39 is 10.0 Å². The van der Waals surface area contributed by atoms with E-state index in [1.165, 1.54) is 17.7 Å². The first kappa shape index (κ1) is 18.4. The van der Waals surface area contributed by atoms with Gasteiger partial charge in [0.15, 0.2) is 0 Å². The van der Waals surface area contributed by atoms with E-state index in [0.29, 0.717) is 25.1 Å². The summed E-state index contributed by atoms with van der Waals surface area (Å²) in [5.74, 6) is -0.0275. The highest BCUT2D eigenvalue weighted by atomic mass is 32.2. The molecule has 1 amide bonds. The smallest absolute Gasteiger partial charge is 0.256 e. The zero-order valence-corrected chi connectivity index (χ0v) is 14.2. The Balaban J connectivity index is 2.52. The highest BCUT2D eigenvalue weighted by Gasteiger charge is 2.19. The van der Waals surface area contributed by atoms with Crippen LogP contribution in [-0.2, 0) is 10.0 Å². The van der Waals surface area contributed by atoms with Crippen molar-refractivity contribution in [3.05, 3.63) is 23.9 Å². The molecule has 0 aliphatic rings.